The van der Waals surface area contributed by atoms with Crippen LogP contribution in [0.3, 0.4) is 0 Å². The third-order valence-corrected chi connectivity index (χ3v) is 5.24. The van der Waals surface area contributed by atoms with Crippen molar-refractivity contribution in [3.63, 3.8) is 0 Å². The Morgan fingerprint density at radius 3 is 3.10 bits per heavy atom. The minimum atomic E-state index is -0.379. The Bertz CT molecular complexity index is 422. The third-order valence-electron chi connectivity index (χ3n) is 4.27. The molecule has 2 rings (SSSR count). The highest BCUT2D eigenvalue weighted by Gasteiger charge is 2.24. The van der Waals surface area contributed by atoms with Crippen LogP contribution in [-0.2, 0) is 4.79 Å². The maximum absolute atomic E-state index is 11.5. The van der Waals surface area contributed by atoms with Gasteiger partial charge in [-0.15, -0.1) is 11.3 Å². The van der Waals surface area contributed by atoms with Crippen molar-refractivity contribution in [3.05, 3.63) is 22.4 Å². The van der Waals surface area contributed by atoms with Crippen molar-refractivity contribution >= 4 is 17.2 Å². The van der Waals surface area contributed by atoms with Gasteiger partial charge in [0.25, 0.3) is 0 Å². The van der Waals surface area contributed by atoms with Crippen LogP contribution in [0.5, 0.6) is 0 Å². The topological polar surface area (TPSA) is 52.6 Å². The zero-order chi connectivity index (χ0) is 15.1. The second kappa shape index (κ2) is 8.51. The zero-order valence-corrected chi connectivity index (χ0v) is 13.6. The van der Waals surface area contributed by atoms with Gasteiger partial charge in [-0.2, -0.15) is 0 Å². The van der Waals surface area contributed by atoms with Crippen molar-refractivity contribution in [2.45, 2.75) is 50.7 Å². The molecule has 2 unspecified atom stereocenters. The van der Waals surface area contributed by atoms with Gasteiger partial charge < -0.3 is 10.4 Å². The summed E-state index contributed by atoms with van der Waals surface area (Å²) in [6.07, 6.45) is 5.72. The molecule has 4 nitrogen and oxygen atoms in total. The first kappa shape index (κ1) is 16.5. The summed E-state index contributed by atoms with van der Waals surface area (Å²) in [6, 6.07) is 4.37. The van der Waals surface area contributed by atoms with Crippen LogP contribution in [0.2, 0.25) is 0 Å². The van der Waals surface area contributed by atoms with E-state index >= 15 is 0 Å². The summed E-state index contributed by atoms with van der Waals surface area (Å²) in [4.78, 5) is 14.9. The molecule has 118 valence electrons. The second-order valence-electron chi connectivity index (χ2n) is 5.73. The second-order valence-corrected chi connectivity index (χ2v) is 6.71. The molecule has 0 spiro atoms. The van der Waals surface area contributed by atoms with E-state index in [-0.39, 0.29) is 12.0 Å². The van der Waals surface area contributed by atoms with Crippen molar-refractivity contribution in [3.8, 4) is 0 Å². The van der Waals surface area contributed by atoms with Gasteiger partial charge in [0.05, 0.1) is 6.10 Å². The average molecular weight is 310 g/mol. The Morgan fingerprint density at radius 2 is 2.38 bits per heavy atom. The number of aliphatic hydroxyl groups is 1. The summed E-state index contributed by atoms with van der Waals surface area (Å²) in [5, 5.41) is 15.1. The van der Waals surface area contributed by atoms with Gasteiger partial charge in [-0.05, 0) is 37.3 Å². The summed E-state index contributed by atoms with van der Waals surface area (Å²) in [5.41, 5.74) is 0. The predicted octanol–water partition coefficient (Wildman–Crippen LogP) is 2.55. The Balaban J connectivity index is 1.93. The number of amides is 1. The SMILES string of the molecule is CNC(=O)CCN1CCCCCC1CC(O)c1cccs1. The average Bonchev–Trinajstić information content (AvgIpc) is 2.94. The first-order valence-electron chi connectivity index (χ1n) is 7.87. The monoisotopic (exact) mass is 310 g/mol. The normalized spacial score (nSPS) is 21.7. The molecule has 2 heterocycles. The standard InChI is InChI=1S/C16H26N2O2S/c1-17-16(20)8-10-18-9-4-2-3-6-13(18)12-14(19)15-7-5-11-21-15/h5,7,11,13-14,19H,2-4,6,8-10,12H2,1H3,(H,17,20). The minimum Gasteiger partial charge on any atom is -0.388 e. The van der Waals surface area contributed by atoms with Gasteiger partial charge in [0.1, 0.15) is 0 Å². The zero-order valence-electron chi connectivity index (χ0n) is 12.8. The summed E-state index contributed by atoms with van der Waals surface area (Å²) in [5.74, 6) is 0.0943. The summed E-state index contributed by atoms with van der Waals surface area (Å²) in [6.45, 7) is 1.83. The van der Waals surface area contributed by atoms with E-state index < -0.39 is 0 Å². The molecule has 2 N–H and O–H groups in total. The highest BCUT2D eigenvalue weighted by atomic mass is 32.1. The lowest BCUT2D eigenvalue weighted by atomic mass is 10.0. The number of hydrogen-bond acceptors (Lipinski definition) is 4. The number of rotatable bonds is 6. The Labute approximate surface area is 131 Å². The summed E-state index contributed by atoms with van der Waals surface area (Å²) < 4.78 is 0. The Morgan fingerprint density at radius 1 is 1.52 bits per heavy atom. The highest BCUT2D eigenvalue weighted by molar-refractivity contribution is 7.10. The smallest absolute Gasteiger partial charge is 0.221 e. The molecule has 1 aliphatic rings. The third kappa shape index (κ3) is 5.09. The molecular weight excluding hydrogens is 284 g/mol. The van der Waals surface area contributed by atoms with Gasteiger partial charge in [0, 0.05) is 30.9 Å². The number of aliphatic hydroxyl groups excluding tert-OH is 1. The number of carbonyl (C=O) groups is 1. The predicted molar refractivity (Wildman–Crippen MR) is 86.4 cm³/mol. The van der Waals surface area contributed by atoms with E-state index in [2.05, 4.69) is 10.2 Å². The van der Waals surface area contributed by atoms with Crippen molar-refractivity contribution in [2.24, 2.45) is 0 Å². The van der Waals surface area contributed by atoms with Crippen LogP contribution in [0.1, 0.15) is 49.5 Å². The molecule has 0 aromatic carbocycles. The number of nitrogens with one attached hydrogen (secondary N) is 1. The number of likely N-dealkylation sites (tertiary alicyclic amines) is 1. The molecule has 2 atom stereocenters. The van der Waals surface area contributed by atoms with Crippen LogP contribution in [0.4, 0.5) is 0 Å². The van der Waals surface area contributed by atoms with Crippen LogP contribution in [-0.4, -0.2) is 42.1 Å². The molecule has 0 bridgehead atoms. The van der Waals surface area contributed by atoms with Gasteiger partial charge in [0.2, 0.25) is 5.91 Å². The van der Waals surface area contributed by atoms with Crippen LogP contribution < -0.4 is 5.32 Å². The largest absolute Gasteiger partial charge is 0.388 e. The molecule has 0 radical (unpaired) electrons. The molecule has 0 saturated carbocycles. The van der Waals surface area contributed by atoms with Gasteiger partial charge in [0.15, 0.2) is 0 Å². The lowest BCUT2D eigenvalue weighted by molar-refractivity contribution is -0.121. The Kier molecular flexibility index (Phi) is 6.67. The van der Waals surface area contributed by atoms with Gasteiger partial charge >= 0.3 is 0 Å². The fraction of sp³-hybridized carbons (Fsp3) is 0.688. The molecule has 1 saturated heterocycles. The van der Waals surface area contributed by atoms with Crippen LogP contribution in [0, 0.1) is 0 Å². The number of carbonyl (C=O) groups excluding carboxylic acids is 1. The molecular formula is C16H26N2O2S. The van der Waals surface area contributed by atoms with Crippen molar-refractivity contribution in [1.29, 1.82) is 0 Å². The van der Waals surface area contributed by atoms with E-state index in [1.54, 1.807) is 18.4 Å². The van der Waals surface area contributed by atoms with Crippen LogP contribution in [0.25, 0.3) is 0 Å². The maximum Gasteiger partial charge on any atom is 0.221 e. The van der Waals surface area contributed by atoms with Gasteiger partial charge in [-0.1, -0.05) is 18.9 Å². The quantitative estimate of drug-likeness (QED) is 0.849. The van der Waals surface area contributed by atoms with Crippen LogP contribution >= 0.6 is 11.3 Å². The fourth-order valence-electron chi connectivity index (χ4n) is 3.02. The Hall–Kier alpha value is -0.910. The first-order valence-corrected chi connectivity index (χ1v) is 8.74. The van der Waals surface area contributed by atoms with Crippen molar-refractivity contribution in [1.82, 2.24) is 10.2 Å². The van der Waals surface area contributed by atoms with Crippen molar-refractivity contribution < 1.29 is 9.90 Å². The maximum atomic E-state index is 11.5. The summed E-state index contributed by atoms with van der Waals surface area (Å²) >= 11 is 1.62. The molecule has 1 aromatic heterocycles. The molecule has 5 heteroatoms. The van der Waals surface area contributed by atoms with Crippen LogP contribution in [0.15, 0.2) is 17.5 Å². The molecule has 0 aliphatic carbocycles. The van der Waals surface area contributed by atoms with Gasteiger partial charge in [-0.3, -0.25) is 9.69 Å². The number of hydrogen-bond donors (Lipinski definition) is 2. The molecule has 1 aliphatic heterocycles. The number of thiophene rings is 1. The van der Waals surface area contributed by atoms with Crippen molar-refractivity contribution in [2.75, 3.05) is 20.1 Å². The van der Waals surface area contributed by atoms with Gasteiger partial charge in [-0.25, -0.2) is 0 Å². The number of nitrogens with zero attached hydrogens (tertiary/aromatic N) is 1. The lowest BCUT2D eigenvalue weighted by Gasteiger charge is -2.31. The van der Waals surface area contributed by atoms with E-state index in [9.17, 15) is 9.90 Å². The van der Waals surface area contributed by atoms with E-state index in [0.29, 0.717) is 12.5 Å². The fourth-order valence-corrected chi connectivity index (χ4v) is 3.75. The molecule has 1 fully saturated rings. The van der Waals surface area contributed by atoms with E-state index in [0.717, 1.165) is 30.8 Å². The van der Waals surface area contributed by atoms with E-state index in [1.165, 1.54) is 19.3 Å². The molecule has 1 amide bonds. The van der Waals surface area contributed by atoms with E-state index in [1.807, 2.05) is 17.5 Å². The lowest BCUT2D eigenvalue weighted by Crippen LogP contribution is -2.38. The summed E-state index contributed by atoms with van der Waals surface area (Å²) in [7, 11) is 1.68. The van der Waals surface area contributed by atoms with E-state index in [4.69, 9.17) is 0 Å². The molecule has 21 heavy (non-hydrogen) atoms. The highest BCUT2D eigenvalue weighted by Crippen LogP contribution is 2.28. The molecule has 1 aromatic rings. The minimum absolute atomic E-state index is 0.0943. The first-order chi connectivity index (χ1) is 10.2.